The highest BCUT2D eigenvalue weighted by Gasteiger charge is 2.51. The van der Waals surface area contributed by atoms with Gasteiger partial charge in [-0.15, -0.1) is 0 Å². The van der Waals surface area contributed by atoms with Gasteiger partial charge in [-0.1, -0.05) is 0 Å². The molecular weight excluding hydrogens is 456 g/mol. The first-order chi connectivity index (χ1) is 15.4. The van der Waals surface area contributed by atoms with Gasteiger partial charge < -0.3 is 19.9 Å². The van der Waals surface area contributed by atoms with Crippen LogP contribution in [0.3, 0.4) is 0 Å². The van der Waals surface area contributed by atoms with Crippen LogP contribution in [0.1, 0.15) is 29.5 Å². The summed E-state index contributed by atoms with van der Waals surface area (Å²) < 4.78 is 64.1. The van der Waals surface area contributed by atoms with Crippen LogP contribution in [0.25, 0.3) is 0 Å². The topological polar surface area (TPSA) is 148 Å². The van der Waals surface area contributed by atoms with Crippen molar-refractivity contribution >= 4 is 23.8 Å². The molecule has 0 aromatic carbocycles. The second-order valence-corrected chi connectivity index (χ2v) is 6.90. The number of alkyl halides is 3. The number of pyridine rings is 1. The molecule has 2 amide bonds. The zero-order valence-electron chi connectivity index (χ0n) is 17.0. The van der Waals surface area contributed by atoms with Crippen molar-refractivity contribution in [1.29, 1.82) is 0 Å². The lowest BCUT2D eigenvalue weighted by Crippen LogP contribution is -2.48. The van der Waals surface area contributed by atoms with E-state index in [9.17, 15) is 27.2 Å². The van der Waals surface area contributed by atoms with Crippen LogP contribution >= 0.6 is 0 Å². The van der Waals surface area contributed by atoms with Crippen LogP contribution in [0.4, 0.5) is 28.2 Å². The van der Waals surface area contributed by atoms with Gasteiger partial charge in [0.05, 0.1) is 19.5 Å². The molecular formula is C18H16F4N6O5. The first kappa shape index (κ1) is 23.6. The maximum Gasteiger partial charge on any atom is 0.425 e. The number of carboxylic acid groups (broad SMARTS) is 1. The number of nitrogens with one attached hydrogen (secondary N) is 2. The number of ether oxygens (including phenoxy) is 2. The SMILES string of the molecule is COc1cnc(C(=O)Nc2ccc(F)c([C@]3(C)C[C@@H](C(F)(F)F)OC(NC(=O)O)=N3)n2)cn1. The number of hydrogen-bond acceptors (Lipinski definition) is 8. The number of nitrogens with zero attached hydrogens (tertiary/aromatic N) is 4. The summed E-state index contributed by atoms with van der Waals surface area (Å²) in [6.45, 7) is 1.13. The standard InChI is InChI=1S/C18H16F4N6O5/c1-17(5-10(18(20,21)22)33-15(28-17)27-16(30)31)13-8(19)3-4-11(25-13)26-14(29)9-6-24-12(32-2)7-23-9/h3-4,6-7,10H,5H2,1-2H3,(H,27,28)(H,30,31)(H,25,26,29)/t10-,17-/m0/s1. The molecule has 0 saturated heterocycles. The number of aromatic nitrogens is 3. The van der Waals surface area contributed by atoms with Gasteiger partial charge >= 0.3 is 12.3 Å². The van der Waals surface area contributed by atoms with Crippen LogP contribution < -0.4 is 15.4 Å². The minimum Gasteiger partial charge on any atom is -0.480 e. The minimum absolute atomic E-state index is 0.135. The third kappa shape index (κ3) is 5.42. The van der Waals surface area contributed by atoms with E-state index in [1.165, 1.54) is 13.3 Å². The molecule has 0 aliphatic carbocycles. The lowest BCUT2D eigenvalue weighted by Gasteiger charge is -2.35. The second kappa shape index (κ2) is 8.84. The van der Waals surface area contributed by atoms with Crippen molar-refractivity contribution in [2.75, 3.05) is 12.4 Å². The van der Waals surface area contributed by atoms with Crippen molar-refractivity contribution in [3.63, 3.8) is 0 Å². The van der Waals surface area contributed by atoms with E-state index in [0.717, 1.165) is 25.3 Å². The predicted molar refractivity (Wildman–Crippen MR) is 102 cm³/mol. The Labute approximate surface area is 182 Å². The van der Waals surface area contributed by atoms with Gasteiger partial charge in [-0.2, -0.15) is 13.2 Å². The lowest BCUT2D eigenvalue weighted by molar-refractivity contribution is -0.208. The van der Waals surface area contributed by atoms with Gasteiger partial charge in [0.15, 0.2) is 6.10 Å². The molecule has 0 saturated carbocycles. The number of anilines is 1. The zero-order chi connectivity index (χ0) is 24.4. The summed E-state index contributed by atoms with van der Waals surface area (Å²) in [4.78, 5) is 38.6. The summed E-state index contributed by atoms with van der Waals surface area (Å²) >= 11 is 0. The van der Waals surface area contributed by atoms with Crippen molar-refractivity contribution in [3.8, 4) is 5.88 Å². The number of carbonyl (C=O) groups excluding carboxylic acids is 1. The minimum atomic E-state index is -4.90. The Kier molecular flexibility index (Phi) is 6.32. The van der Waals surface area contributed by atoms with Crippen molar-refractivity contribution < 1.29 is 41.7 Å². The molecule has 15 heteroatoms. The van der Waals surface area contributed by atoms with Gasteiger partial charge in [0.1, 0.15) is 28.6 Å². The van der Waals surface area contributed by atoms with E-state index in [1.54, 1.807) is 5.32 Å². The number of carbonyl (C=O) groups is 2. The molecule has 3 rings (SSSR count). The number of methoxy groups -OCH3 is 1. The Morgan fingerprint density at radius 2 is 1.97 bits per heavy atom. The van der Waals surface area contributed by atoms with Crippen LogP contribution in [0.2, 0.25) is 0 Å². The molecule has 11 nitrogen and oxygen atoms in total. The van der Waals surface area contributed by atoms with Crippen LogP contribution in [-0.2, 0) is 10.3 Å². The fraction of sp³-hybridized carbons (Fsp3) is 0.333. The molecule has 1 aliphatic heterocycles. The van der Waals surface area contributed by atoms with Crippen molar-refractivity contribution in [2.24, 2.45) is 4.99 Å². The van der Waals surface area contributed by atoms with Gasteiger partial charge in [-0.05, 0) is 19.1 Å². The van der Waals surface area contributed by atoms with E-state index >= 15 is 0 Å². The number of amidine groups is 1. The molecule has 0 unspecified atom stereocenters. The van der Waals surface area contributed by atoms with Crippen LogP contribution in [0, 0.1) is 5.82 Å². The largest absolute Gasteiger partial charge is 0.480 e. The van der Waals surface area contributed by atoms with Crippen molar-refractivity contribution in [2.45, 2.75) is 31.2 Å². The maximum atomic E-state index is 14.6. The fourth-order valence-electron chi connectivity index (χ4n) is 2.92. The Morgan fingerprint density at radius 3 is 2.55 bits per heavy atom. The fourth-order valence-corrected chi connectivity index (χ4v) is 2.92. The molecule has 0 fully saturated rings. The summed E-state index contributed by atoms with van der Waals surface area (Å²) in [7, 11) is 1.35. The number of rotatable bonds is 4. The van der Waals surface area contributed by atoms with E-state index in [4.69, 9.17) is 9.84 Å². The third-order valence-corrected chi connectivity index (χ3v) is 4.43. The van der Waals surface area contributed by atoms with Gasteiger partial charge in [0.2, 0.25) is 5.88 Å². The molecule has 33 heavy (non-hydrogen) atoms. The van der Waals surface area contributed by atoms with Crippen LogP contribution in [0.15, 0.2) is 29.5 Å². The number of halogens is 4. The Hall–Kier alpha value is -4.04. The molecule has 3 heterocycles. The Balaban J connectivity index is 1.94. The summed E-state index contributed by atoms with van der Waals surface area (Å²) in [5.41, 5.74) is -2.69. The van der Waals surface area contributed by atoms with E-state index in [-0.39, 0.29) is 17.4 Å². The summed E-state index contributed by atoms with van der Waals surface area (Å²) in [5.74, 6) is -1.87. The summed E-state index contributed by atoms with van der Waals surface area (Å²) in [6, 6.07) is 0.987. The Bertz CT molecular complexity index is 1090. The van der Waals surface area contributed by atoms with Gasteiger partial charge in [0, 0.05) is 6.42 Å². The quantitative estimate of drug-likeness (QED) is 0.575. The molecule has 3 N–H and O–H groups in total. The van der Waals surface area contributed by atoms with Gasteiger partial charge in [-0.3, -0.25) is 4.79 Å². The van der Waals surface area contributed by atoms with E-state index in [1.807, 2.05) is 0 Å². The highest BCUT2D eigenvalue weighted by molar-refractivity contribution is 6.02. The third-order valence-electron chi connectivity index (χ3n) is 4.43. The molecule has 2 aromatic heterocycles. The lowest BCUT2D eigenvalue weighted by atomic mass is 9.89. The molecule has 0 bridgehead atoms. The summed E-state index contributed by atoms with van der Waals surface area (Å²) in [5, 5.41) is 12.8. The first-order valence-corrected chi connectivity index (χ1v) is 9.09. The van der Waals surface area contributed by atoms with E-state index < -0.39 is 53.8 Å². The highest BCUT2D eigenvalue weighted by Crippen LogP contribution is 2.40. The number of aliphatic imine (C=N–C) groups is 1. The van der Waals surface area contributed by atoms with Gasteiger partial charge in [-0.25, -0.2) is 34.4 Å². The first-order valence-electron chi connectivity index (χ1n) is 9.09. The summed E-state index contributed by atoms with van der Waals surface area (Å²) in [6.07, 6.45) is -7.72. The normalized spacial score (nSPS) is 20.3. The maximum absolute atomic E-state index is 14.6. The number of hydrogen-bond donors (Lipinski definition) is 3. The molecule has 1 aliphatic rings. The number of amides is 2. The average molecular weight is 472 g/mol. The van der Waals surface area contributed by atoms with Crippen molar-refractivity contribution in [1.82, 2.24) is 20.3 Å². The van der Waals surface area contributed by atoms with Gasteiger partial charge in [0.25, 0.3) is 11.9 Å². The van der Waals surface area contributed by atoms with E-state index in [2.05, 4.69) is 30.0 Å². The highest BCUT2D eigenvalue weighted by atomic mass is 19.4. The molecule has 2 atom stereocenters. The Morgan fingerprint density at radius 1 is 1.24 bits per heavy atom. The monoisotopic (exact) mass is 472 g/mol. The average Bonchev–Trinajstić information content (AvgIpc) is 2.73. The molecule has 2 aromatic rings. The van der Waals surface area contributed by atoms with Crippen LogP contribution in [0.5, 0.6) is 5.88 Å². The second-order valence-electron chi connectivity index (χ2n) is 6.90. The predicted octanol–water partition coefficient (Wildman–Crippen LogP) is 2.46. The smallest absolute Gasteiger partial charge is 0.425 e. The molecule has 0 spiro atoms. The molecule has 0 radical (unpaired) electrons. The molecule has 176 valence electrons. The zero-order valence-corrected chi connectivity index (χ0v) is 17.0. The van der Waals surface area contributed by atoms with E-state index in [0.29, 0.717) is 0 Å². The van der Waals surface area contributed by atoms with Crippen LogP contribution in [-0.4, -0.2) is 57.5 Å². The van der Waals surface area contributed by atoms with Crippen molar-refractivity contribution in [3.05, 3.63) is 41.7 Å².